The van der Waals surface area contributed by atoms with Crippen LogP contribution in [0.25, 0.3) is 10.8 Å². The predicted molar refractivity (Wildman–Crippen MR) is 89.7 cm³/mol. The zero-order valence-electron chi connectivity index (χ0n) is 13.4. The lowest BCUT2D eigenvalue weighted by Gasteiger charge is -2.40. The highest BCUT2D eigenvalue weighted by Crippen LogP contribution is 2.56. The van der Waals surface area contributed by atoms with Gasteiger partial charge in [-0.05, 0) is 53.5 Å². The maximum atomic E-state index is 10.3. The number of benzene rings is 2. The highest BCUT2D eigenvalue weighted by atomic mass is 16.3. The normalized spacial score (nSPS) is 30.3. The Bertz CT molecular complexity index is 645. The molecule has 0 saturated heterocycles. The van der Waals surface area contributed by atoms with Gasteiger partial charge in [0.05, 0.1) is 6.10 Å². The van der Waals surface area contributed by atoms with Crippen molar-refractivity contribution in [3.05, 3.63) is 47.5 Å². The van der Waals surface area contributed by atoms with E-state index in [1.165, 1.54) is 21.9 Å². The van der Waals surface area contributed by atoms with Crippen LogP contribution in [0.5, 0.6) is 0 Å². The molecule has 1 heteroatoms. The SMILES string of the molecule is CC.C[C@@]12CCc3c(ccc4ccccc34)[C@H]1CC[C@@H]2O. The third-order valence-electron chi connectivity index (χ3n) is 5.65. The minimum atomic E-state index is -0.114. The molecule has 0 unspecified atom stereocenters. The average molecular weight is 282 g/mol. The van der Waals surface area contributed by atoms with Crippen LogP contribution in [0.3, 0.4) is 0 Å². The van der Waals surface area contributed by atoms with Gasteiger partial charge in [-0.15, -0.1) is 0 Å². The van der Waals surface area contributed by atoms with Crippen molar-refractivity contribution in [1.29, 1.82) is 0 Å². The summed E-state index contributed by atoms with van der Waals surface area (Å²) >= 11 is 0. The Hall–Kier alpha value is -1.34. The lowest BCUT2D eigenvalue weighted by Crippen LogP contribution is -2.35. The molecular weight excluding hydrogens is 256 g/mol. The van der Waals surface area contributed by atoms with Crippen LogP contribution in [0.15, 0.2) is 36.4 Å². The number of aliphatic hydroxyl groups excluding tert-OH is 1. The Morgan fingerprint density at radius 3 is 2.62 bits per heavy atom. The van der Waals surface area contributed by atoms with Gasteiger partial charge >= 0.3 is 0 Å². The first-order valence-corrected chi connectivity index (χ1v) is 8.39. The van der Waals surface area contributed by atoms with Crippen LogP contribution < -0.4 is 0 Å². The summed E-state index contributed by atoms with van der Waals surface area (Å²) in [7, 11) is 0. The van der Waals surface area contributed by atoms with Gasteiger partial charge in [0, 0.05) is 5.41 Å². The van der Waals surface area contributed by atoms with Crippen LogP contribution in [-0.2, 0) is 6.42 Å². The van der Waals surface area contributed by atoms with Gasteiger partial charge in [0.2, 0.25) is 0 Å². The van der Waals surface area contributed by atoms with E-state index in [9.17, 15) is 5.11 Å². The van der Waals surface area contributed by atoms with Gasteiger partial charge in [0.15, 0.2) is 0 Å². The van der Waals surface area contributed by atoms with Crippen molar-refractivity contribution in [3.63, 3.8) is 0 Å². The Kier molecular flexibility index (Phi) is 3.79. The average Bonchev–Trinajstić information content (AvgIpc) is 2.85. The lowest BCUT2D eigenvalue weighted by molar-refractivity contribution is 0.0459. The molecular formula is C20H26O. The molecule has 0 amide bonds. The molecule has 2 aromatic carbocycles. The number of aliphatic hydroxyl groups is 1. The fourth-order valence-electron chi connectivity index (χ4n) is 4.42. The van der Waals surface area contributed by atoms with E-state index in [0.29, 0.717) is 5.92 Å². The number of hydrogen-bond acceptors (Lipinski definition) is 1. The topological polar surface area (TPSA) is 20.2 Å². The standard InChI is InChI=1S/C18H20O.C2H6/c1-18-11-10-14-13-5-3-2-4-12(13)6-7-15(14)16(18)8-9-17(18)19;1-2/h2-7,16-17,19H,8-11H2,1H3;1-2H3/t16-,17+,18-;/m1./s1. The van der Waals surface area contributed by atoms with Crippen LogP contribution >= 0.6 is 0 Å². The maximum absolute atomic E-state index is 10.3. The zero-order valence-corrected chi connectivity index (χ0v) is 13.4. The molecule has 0 aromatic heterocycles. The van der Waals surface area contributed by atoms with Crippen molar-refractivity contribution in [2.24, 2.45) is 5.41 Å². The van der Waals surface area contributed by atoms with Crippen LogP contribution in [-0.4, -0.2) is 11.2 Å². The van der Waals surface area contributed by atoms with Gasteiger partial charge in [-0.2, -0.15) is 0 Å². The molecule has 0 spiro atoms. The zero-order chi connectivity index (χ0) is 15.0. The molecule has 1 saturated carbocycles. The summed E-state index contributed by atoms with van der Waals surface area (Å²) in [4.78, 5) is 0. The molecule has 21 heavy (non-hydrogen) atoms. The maximum Gasteiger partial charge on any atom is 0.0600 e. The Balaban J connectivity index is 0.000000636. The number of hydrogen-bond donors (Lipinski definition) is 1. The van der Waals surface area contributed by atoms with E-state index in [1.54, 1.807) is 0 Å². The number of aryl methyl sites for hydroxylation is 1. The van der Waals surface area contributed by atoms with Gasteiger partial charge in [-0.25, -0.2) is 0 Å². The smallest absolute Gasteiger partial charge is 0.0600 e. The second-order valence-electron chi connectivity index (χ2n) is 6.51. The number of rotatable bonds is 0. The molecule has 2 aliphatic rings. The molecule has 0 bridgehead atoms. The summed E-state index contributed by atoms with van der Waals surface area (Å²) in [5.41, 5.74) is 3.15. The van der Waals surface area contributed by atoms with Gasteiger partial charge < -0.3 is 5.11 Å². The minimum absolute atomic E-state index is 0.107. The Morgan fingerprint density at radius 1 is 1.05 bits per heavy atom. The van der Waals surface area contributed by atoms with Gasteiger partial charge in [0.25, 0.3) is 0 Å². The van der Waals surface area contributed by atoms with E-state index in [4.69, 9.17) is 0 Å². The fraction of sp³-hybridized carbons (Fsp3) is 0.500. The second-order valence-corrected chi connectivity index (χ2v) is 6.51. The quantitative estimate of drug-likeness (QED) is 0.716. The van der Waals surface area contributed by atoms with Crippen molar-refractivity contribution >= 4 is 10.8 Å². The van der Waals surface area contributed by atoms with Crippen LogP contribution in [0.4, 0.5) is 0 Å². The van der Waals surface area contributed by atoms with Crippen LogP contribution in [0.1, 0.15) is 57.1 Å². The Morgan fingerprint density at radius 2 is 1.81 bits per heavy atom. The molecule has 112 valence electrons. The highest BCUT2D eigenvalue weighted by Gasteiger charge is 2.48. The molecule has 0 aliphatic heterocycles. The molecule has 2 aromatic rings. The third-order valence-corrected chi connectivity index (χ3v) is 5.65. The summed E-state index contributed by atoms with van der Waals surface area (Å²) in [6, 6.07) is 13.3. The summed E-state index contributed by atoms with van der Waals surface area (Å²) in [6.45, 7) is 6.29. The molecule has 4 rings (SSSR count). The lowest BCUT2D eigenvalue weighted by atomic mass is 9.65. The molecule has 1 fully saturated rings. The summed E-state index contributed by atoms with van der Waals surface area (Å²) in [6.07, 6.45) is 4.23. The molecule has 1 nitrogen and oxygen atoms in total. The molecule has 3 atom stereocenters. The molecule has 2 aliphatic carbocycles. The van der Waals surface area contributed by atoms with Crippen LogP contribution in [0.2, 0.25) is 0 Å². The predicted octanol–water partition coefficient (Wildman–Crippen LogP) is 5.06. The summed E-state index contributed by atoms with van der Waals surface area (Å²) in [5, 5.41) is 13.1. The van der Waals surface area contributed by atoms with E-state index < -0.39 is 0 Å². The van der Waals surface area contributed by atoms with E-state index >= 15 is 0 Å². The highest BCUT2D eigenvalue weighted by molar-refractivity contribution is 5.87. The van der Waals surface area contributed by atoms with E-state index in [0.717, 1.165) is 25.7 Å². The van der Waals surface area contributed by atoms with Gasteiger partial charge in [-0.1, -0.05) is 57.2 Å². The summed E-state index contributed by atoms with van der Waals surface area (Å²) in [5.74, 6) is 0.552. The molecule has 0 heterocycles. The third kappa shape index (κ3) is 2.10. The van der Waals surface area contributed by atoms with Crippen molar-refractivity contribution < 1.29 is 5.11 Å². The first-order chi connectivity index (χ1) is 10.2. The first kappa shape index (κ1) is 14.6. The van der Waals surface area contributed by atoms with Gasteiger partial charge in [0.1, 0.15) is 0 Å². The van der Waals surface area contributed by atoms with Crippen molar-refractivity contribution in [3.8, 4) is 0 Å². The fourth-order valence-corrected chi connectivity index (χ4v) is 4.42. The van der Waals surface area contributed by atoms with Crippen LogP contribution in [0, 0.1) is 5.41 Å². The van der Waals surface area contributed by atoms with Crippen molar-refractivity contribution in [2.45, 2.75) is 58.5 Å². The largest absolute Gasteiger partial charge is 0.393 e. The van der Waals surface area contributed by atoms with E-state index in [2.05, 4.69) is 43.3 Å². The first-order valence-electron chi connectivity index (χ1n) is 8.39. The minimum Gasteiger partial charge on any atom is -0.393 e. The summed E-state index contributed by atoms with van der Waals surface area (Å²) < 4.78 is 0. The Labute approximate surface area is 128 Å². The van der Waals surface area contributed by atoms with Crippen molar-refractivity contribution in [2.75, 3.05) is 0 Å². The van der Waals surface area contributed by atoms with Gasteiger partial charge in [-0.3, -0.25) is 0 Å². The van der Waals surface area contributed by atoms with E-state index in [-0.39, 0.29) is 11.5 Å². The molecule has 0 radical (unpaired) electrons. The molecule has 1 N–H and O–H groups in total. The monoisotopic (exact) mass is 282 g/mol. The van der Waals surface area contributed by atoms with E-state index in [1.807, 2.05) is 13.8 Å². The second kappa shape index (κ2) is 5.46. The van der Waals surface area contributed by atoms with Crippen molar-refractivity contribution in [1.82, 2.24) is 0 Å². The number of fused-ring (bicyclic) bond motifs is 5.